The molecular weight excluding hydrogens is 174 g/mol. The van der Waals surface area contributed by atoms with E-state index in [1.54, 1.807) is 0 Å². The van der Waals surface area contributed by atoms with Crippen molar-refractivity contribution in [1.29, 1.82) is 0 Å². The van der Waals surface area contributed by atoms with E-state index in [9.17, 15) is 5.11 Å². The molecule has 0 heterocycles. The van der Waals surface area contributed by atoms with Crippen molar-refractivity contribution in [2.45, 2.75) is 52.1 Å². The van der Waals surface area contributed by atoms with Gasteiger partial charge in [-0.2, -0.15) is 0 Å². The van der Waals surface area contributed by atoms with Crippen LogP contribution in [0.4, 0.5) is 0 Å². The molecular formula is C12H25NO. The van der Waals surface area contributed by atoms with Crippen LogP contribution < -0.4 is 5.73 Å². The lowest BCUT2D eigenvalue weighted by atomic mass is 9.77. The van der Waals surface area contributed by atoms with Crippen molar-refractivity contribution >= 4 is 0 Å². The minimum Gasteiger partial charge on any atom is -0.392 e. The fraction of sp³-hybridized carbons (Fsp3) is 1.00. The summed E-state index contributed by atoms with van der Waals surface area (Å²) in [7, 11) is 0. The molecule has 0 aromatic carbocycles. The molecule has 2 nitrogen and oxygen atoms in total. The summed E-state index contributed by atoms with van der Waals surface area (Å²) in [4.78, 5) is 0. The molecule has 0 radical (unpaired) electrons. The van der Waals surface area contributed by atoms with Gasteiger partial charge in [-0.1, -0.05) is 33.1 Å². The van der Waals surface area contributed by atoms with Crippen LogP contribution in [0.1, 0.15) is 46.0 Å². The van der Waals surface area contributed by atoms with Gasteiger partial charge >= 0.3 is 0 Å². The Hall–Kier alpha value is -0.0800. The lowest BCUT2D eigenvalue weighted by Crippen LogP contribution is -2.38. The Bertz CT molecular complexity index is 152. The van der Waals surface area contributed by atoms with Crippen LogP contribution in [-0.4, -0.2) is 17.8 Å². The summed E-state index contributed by atoms with van der Waals surface area (Å²) in [5, 5.41) is 10.2. The molecule has 1 saturated carbocycles. The van der Waals surface area contributed by atoms with Gasteiger partial charge in [0.05, 0.1) is 6.10 Å². The van der Waals surface area contributed by atoms with E-state index in [-0.39, 0.29) is 12.0 Å². The van der Waals surface area contributed by atoms with Crippen molar-refractivity contribution < 1.29 is 5.11 Å². The summed E-state index contributed by atoms with van der Waals surface area (Å²) in [6.07, 6.45) is 6.15. The Balaban J connectivity index is 2.47. The minimum absolute atomic E-state index is 0.166. The Morgan fingerprint density at radius 1 is 1.21 bits per heavy atom. The zero-order chi connectivity index (χ0) is 10.6. The number of rotatable bonds is 4. The normalized spacial score (nSPS) is 23.8. The van der Waals surface area contributed by atoms with Gasteiger partial charge in [0.15, 0.2) is 0 Å². The number of aliphatic hydroxyl groups excluding tert-OH is 1. The van der Waals surface area contributed by atoms with E-state index in [1.807, 2.05) is 0 Å². The first-order chi connectivity index (χ1) is 6.66. The third-order valence-electron chi connectivity index (χ3n) is 3.70. The Labute approximate surface area is 87.9 Å². The summed E-state index contributed by atoms with van der Waals surface area (Å²) < 4.78 is 0. The first-order valence-electron chi connectivity index (χ1n) is 6.05. The number of nitrogens with two attached hydrogens (primary N) is 1. The van der Waals surface area contributed by atoms with Gasteiger partial charge in [-0.3, -0.25) is 0 Å². The molecule has 84 valence electrons. The fourth-order valence-electron chi connectivity index (χ4n) is 2.63. The van der Waals surface area contributed by atoms with E-state index in [2.05, 4.69) is 13.8 Å². The van der Waals surface area contributed by atoms with Crippen LogP contribution in [0, 0.1) is 17.8 Å². The highest BCUT2D eigenvalue weighted by molar-refractivity contribution is 4.81. The summed E-state index contributed by atoms with van der Waals surface area (Å²) in [5.74, 6) is 1.30. The molecule has 0 aromatic heterocycles. The molecule has 0 amide bonds. The van der Waals surface area contributed by atoms with Gasteiger partial charge < -0.3 is 10.8 Å². The third kappa shape index (κ3) is 2.96. The van der Waals surface area contributed by atoms with Gasteiger partial charge in [0.1, 0.15) is 0 Å². The molecule has 3 N–H and O–H groups in total. The Morgan fingerprint density at radius 2 is 1.79 bits per heavy atom. The molecule has 0 saturated heterocycles. The van der Waals surface area contributed by atoms with E-state index < -0.39 is 0 Å². The quantitative estimate of drug-likeness (QED) is 0.729. The molecule has 2 unspecified atom stereocenters. The monoisotopic (exact) mass is 199 g/mol. The average molecular weight is 199 g/mol. The van der Waals surface area contributed by atoms with Crippen molar-refractivity contribution in [2.24, 2.45) is 23.5 Å². The minimum atomic E-state index is -0.166. The summed E-state index contributed by atoms with van der Waals surface area (Å²) in [6.45, 7) is 4.93. The molecule has 0 spiro atoms. The summed E-state index contributed by atoms with van der Waals surface area (Å²) in [5.41, 5.74) is 5.72. The van der Waals surface area contributed by atoms with Crippen molar-refractivity contribution in [3.8, 4) is 0 Å². The highest BCUT2D eigenvalue weighted by atomic mass is 16.3. The SMILES string of the molecule is CC(C)C(CN)C(O)C1CCCCC1. The van der Waals surface area contributed by atoms with E-state index in [0.29, 0.717) is 18.4 Å². The maximum absolute atomic E-state index is 10.2. The fourth-order valence-corrected chi connectivity index (χ4v) is 2.63. The van der Waals surface area contributed by atoms with Crippen LogP contribution in [-0.2, 0) is 0 Å². The molecule has 2 atom stereocenters. The van der Waals surface area contributed by atoms with Crippen LogP contribution in [0.2, 0.25) is 0 Å². The van der Waals surface area contributed by atoms with E-state index in [4.69, 9.17) is 5.73 Å². The van der Waals surface area contributed by atoms with Gasteiger partial charge in [0, 0.05) is 0 Å². The van der Waals surface area contributed by atoms with Crippen LogP contribution >= 0.6 is 0 Å². The molecule has 1 fully saturated rings. The second kappa shape index (κ2) is 5.72. The van der Waals surface area contributed by atoms with Gasteiger partial charge in [-0.15, -0.1) is 0 Å². The standard InChI is InChI=1S/C12H25NO/c1-9(2)11(8-13)12(14)10-6-4-3-5-7-10/h9-12,14H,3-8,13H2,1-2H3. The van der Waals surface area contributed by atoms with Gasteiger partial charge in [0.25, 0.3) is 0 Å². The zero-order valence-electron chi connectivity index (χ0n) is 9.58. The van der Waals surface area contributed by atoms with Gasteiger partial charge in [0.2, 0.25) is 0 Å². The number of aliphatic hydroxyl groups is 1. The highest BCUT2D eigenvalue weighted by Crippen LogP contribution is 2.31. The predicted octanol–water partition coefficient (Wildman–Crippen LogP) is 2.16. The van der Waals surface area contributed by atoms with Crippen molar-refractivity contribution in [1.82, 2.24) is 0 Å². The van der Waals surface area contributed by atoms with Gasteiger partial charge in [-0.25, -0.2) is 0 Å². The Kier molecular flexibility index (Phi) is 4.90. The molecule has 0 aromatic rings. The maximum atomic E-state index is 10.2. The van der Waals surface area contributed by atoms with Crippen molar-refractivity contribution in [3.05, 3.63) is 0 Å². The van der Waals surface area contributed by atoms with E-state index >= 15 is 0 Å². The first-order valence-corrected chi connectivity index (χ1v) is 6.05. The number of hydrogen-bond acceptors (Lipinski definition) is 2. The van der Waals surface area contributed by atoms with Gasteiger partial charge in [-0.05, 0) is 37.1 Å². The molecule has 1 aliphatic rings. The molecule has 14 heavy (non-hydrogen) atoms. The number of hydrogen-bond donors (Lipinski definition) is 2. The maximum Gasteiger partial charge on any atom is 0.0611 e. The summed E-state index contributed by atoms with van der Waals surface area (Å²) >= 11 is 0. The second-order valence-electron chi connectivity index (χ2n) is 5.03. The first kappa shape index (κ1) is 12.0. The molecule has 2 heteroatoms. The third-order valence-corrected chi connectivity index (χ3v) is 3.70. The Morgan fingerprint density at radius 3 is 2.21 bits per heavy atom. The smallest absolute Gasteiger partial charge is 0.0611 e. The zero-order valence-corrected chi connectivity index (χ0v) is 9.58. The van der Waals surface area contributed by atoms with Crippen LogP contribution in [0.5, 0.6) is 0 Å². The van der Waals surface area contributed by atoms with E-state index in [1.165, 1.54) is 32.1 Å². The molecule has 0 bridgehead atoms. The topological polar surface area (TPSA) is 46.2 Å². The molecule has 1 rings (SSSR count). The lowest BCUT2D eigenvalue weighted by Gasteiger charge is -2.33. The predicted molar refractivity (Wildman–Crippen MR) is 60.0 cm³/mol. The van der Waals surface area contributed by atoms with Crippen LogP contribution in [0.3, 0.4) is 0 Å². The lowest BCUT2D eigenvalue weighted by molar-refractivity contribution is 0.0187. The summed E-state index contributed by atoms with van der Waals surface area (Å²) in [6, 6.07) is 0. The largest absolute Gasteiger partial charge is 0.392 e. The van der Waals surface area contributed by atoms with Crippen molar-refractivity contribution in [2.75, 3.05) is 6.54 Å². The highest BCUT2D eigenvalue weighted by Gasteiger charge is 2.29. The van der Waals surface area contributed by atoms with Crippen molar-refractivity contribution in [3.63, 3.8) is 0 Å². The molecule has 1 aliphatic carbocycles. The molecule has 0 aliphatic heterocycles. The van der Waals surface area contributed by atoms with Crippen LogP contribution in [0.25, 0.3) is 0 Å². The second-order valence-corrected chi connectivity index (χ2v) is 5.03. The average Bonchev–Trinajstić information content (AvgIpc) is 2.19. The van der Waals surface area contributed by atoms with Crippen LogP contribution in [0.15, 0.2) is 0 Å². The van der Waals surface area contributed by atoms with E-state index in [0.717, 1.165) is 0 Å².